The number of ketones is 1. The zero-order chi connectivity index (χ0) is 14.7. The Morgan fingerprint density at radius 2 is 1.85 bits per heavy atom. The number of methoxy groups -OCH3 is 1. The molecule has 2 nitrogen and oxygen atoms in total. The summed E-state index contributed by atoms with van der Waals surface area (Å²) in [5.41, 5.74) is 0.0122. The highest BCUT2D eigenvalue weighted by molar-refractivity contribution is 5.97. The summed E-state index contributed by atoms with van der Waals surface area (Å²) in [6, 6.07) is 7.38. The first-order chi connectivity index (χ1) is 9.52. The molecule has 0 saturated carbocycles. The fraction of sp³-hybridized carbons (Fsp3) is 0.133. The summed E-state index contributed by atoms with van der Waals surface area (Å²) in [7, 11) is 1.32. The van der Waals surface area contributed by atoms with E-state index in [2.05, 4.69) is 0 Å². The standard InChI is InChI=1S/C15H11F3O2/c1-20-14-6-5-9(7-12(14)17)8-13(19)10-3-2-4-11(16)15(10)18/h2-7H,8H2,1H3. The molecule has 2 aromatic rings. The van der Waals surface area contributed by atoms with Gasteiger partial charge in [-0.1, -0.05) is 12.1 Å². The number of benzene rings is 2. The lowest BCUT2D eigenvalue weighted by Crippen LogP contribution is -2.07. The lowest BCUT2D eigenvalue weighted by Gasteiger charge is -2.06. The third-order valence-corrected chi connectivity index (χ3v) is 2.83. The topological polar surface area (TPSA) is 26.3 Å². The number of rotatable bonds is 4. The molecule has 104 valence electrons. The summed E-state index contributed by atoms with van der Waals surface area (Å²) in [6.45, 7) is 0. The van der Waals surface area contributed by atoms with Crippen LogP contribution >= 0.6 is 0 Å². The molecule has 0 aliphatic heterocycles. The van der Waals surface area contributed by atoms with Gasteiger partial charge in [-0.05, 0) is 29.8 Å². The average molecular weight is 280 g/mol. The maximum Gasteiger partial charge on any atom is 0.170 e. The molecule has 0 heterocycles. The van der Waals surface area contributed by atoms with Crippen LogP contribution in [0.25, 0.3) is 0 Å². The highest BCUT2D eigenvalue weighted by Gasteiger charge is 2.16. The van der Waals surface area contributed by atoms with Crippen LogP contribution in [0.3, 0.4) is 0 Å². The summed E-state index contributed by atoms with van der Waals surface area (Å²) < 4.78 is 44.7. The van der Waals surface area contributed by atoms with Crippen molar-refractivity contribution in [2.24, 2.45) is 0 Å². The molecule has 20 heavy (non-hydrogen) atoms. The van der Waals surface area contributed by atoms with Gasteiger partial charge in [0.25, 0.3) is 0 Å². The van der Waals surface area contributed by atoms with E-state index in [-0.39, 0.29) is 17.7 Å². The Labute approximate surface area is 113 Å². The molecule has 0 saturated heterocycles. The van der Waals surface area contributed by atoms with E-state index >= 15 is 0 Å². The van der Waals surface area contributed by atoms with Gasteiger partial charge in [-0.15, -0.1) is 0 Å². The third kappa shape index (κ3) is 2.82. The van der Waals surface area contributed by atoms with Gasteiger partial charge in [-0.3, -0.25) is 4.79 Å². The van der Waals surface area contributed by atoms with Gasteiger partial charge in [0, 0.05) is 6.42 Å². The van der Waals surface area contributed by atoms with Crippen molar-refractivity contribution in [3.8, 4) is 5.75 Å². The van der Waals surface area contributed by atoms with Gasteiger partial charge in [0.05, 0.1) is 12.7 Å². The van der Waals surface area contributed by atoms with Crippen LogP contribution in [0.1, 0.15) is 15.9 Å². The molecule has 0 aliphatic carbocycles. The van der Waals surface area contributed by atoms with Crippen molar-refractivity contribution in [3.63, 3.8) is 0 Å². The van der Waals surface area contributed by atoms with Gasteiger partial charge in [-0.2, -0.15) is 0 Å². The van der Waals surface area contributed by atoms with Crippen molar-refractivity contribution in [3.05, 3.63) is 65.0 Å². The Balaban J connectivity index is 2.24. The van der Waals surface area contributed by atoms with Crippen molar-refractivity contribution in [1.29, 1.82) is 0 Å². The minimum absolute atomic E-state index is 0.0538. The normalized spacial score (nSPS) is 10.4. The number of carbonyl (C=O) groups is 1. The predicted molar refractivity (Wildman–Crippen MR) is 67.3 cm³/mol. The highest BCUT2D eigenvalue weighted by Crippen LogP contribution is 2.20. The van der Waals surface area contributed by atoms with E-state index in [1.807, 2.05) is 0 Å². The van der Waals surface area contributed by atoms with Gasteiger partial charge >= 0.3 is 0 Å². The summed E-state index contributed by atoms with van der Waals surface area (Å²) in [5, 5.41) is 0. The maximum absolute atomic E-state index is 13.5. The lowest BCUT2D eigenvalue weighted by atomic mass is 10.0. The van der Waals surface area contributed by atoms with Gasteiger partial charge in [0.15, 0.2) is 29.0 Å². The van der Waals surface area contributed by atoms with Crippen molar-refractivity contribution >= 4 is 5.78 Å². The molecule has 2 aromatic carbocycles. The largest absolute Gasteiger partial charge is 0.494 e. The van der Waals surface area contributed by atoms with E-state index in [0.29, 0.717) is 5.56 Å². The first kappa shape index (κ1) is 14.1. The van der Waals surface area contributed by atoms with Crippen molar-refractivity contribution in [1.82, 2.24) is 0 Å². The van der Waals surface area contributed by atoms with E-state index in [1.54, 1.807) is 0 Å². The van der Waals surface area contributed by atoms with Crippen molar-refractivity contribution in [2.75, 3.05) is 7.11 Å². The fourth-order valence-electron chi connectivity index (χ4n) is 1.82. The maximum atomic E-state index is 13.5. The number of carbonyl (C=O) groups excluding carboxylic acids is 1. The van der Waals surface area contributed by atoms with Crippen molar-refractivity contribution < 1.29 is 22.7 Å². The SMILES string of the molecule is COc1ccc(CC(=O)c2cccc(F)c2F)cc1F. The molecule has 0 amide bonds. The highest BCUT2D eigenvalue weighted by atomic mass is 19.2. The average Bonchev–Trinajstić information content (AvgIpc) is 2.42. The number of hydrogen-bond donors (Lipinski definition) is 0. The molecule has 0 spiro atoms. The Morgan fingerprint density at radius 3 is 2.50 bits per heavy atom. The van der Waals surface area contributed by atoms with Crippen LogP contribution in [0.5, 0.6) is 5.75 Å². The summed E-state index contributed by atoms with van der Waals surface area (Å²) in [5.74, 6) is -3.45. The zero-order valence-electron chi connectivity index (χ0n) is 10.6. The molecule has 0 N–H and O–H groups in total. The number of Topliss-reactive ketones (excluding diaryl/α,β-unsaturated/α-hetero) is 1. The first-order valence-corrected chi connectivity index (χ1v) is 5.82. The molecule has 0 aromatic heterocycles. The molecule has 0 bridgehead atoms. The quantitative estimate of drug-likeness (QED) is 0.801. The molecule has 0 radical (unpaired) electrons. The third-order valence-electron chi connectivity index (χ3n) is 2.83. The molecule has 5 heteroatoms. The Kier molecular flexibility index (Phi) is 4.08. The Bertz CT molecular complexity index is 654. The van der Waals surface area contributed by atoms with E-state index in [9.17, 15) is 18.0 Å². The second kappa shape index (κ2) is 5.77. The Morgan fingerprint density at radius 1 is 1.10 bits per heavy atom. The van der Waals surface area contributed by atoms with Crippen LogP contribution in [-0.4, -0.2) is 12.9 Å². The first-order valence-electron chi connectivity index (χ1n) is 5.82. The monoisotopic (exact) mass is 280 g/mol. The molecule has 0 fully saturated rings. The van der Waals surface area contributed by atoms with Gasteiger partial charge in [-0.25, -0.2) is 13.2 Å². The van der Waals surface area contributed by atoms with E-state index in [1.165, 1.54) is 31.4 Å². The van der Waals surface area contributed by atoms with E-state index in [4.69, 9.17) is 4.74 Å². The van der Waals surface area contributed by atoms with Crippen LogP contribution in [0.15, 0.2) is 36.4 Å². The van der Waals surface area contributed by atoms with E-state index < -0.39 is 23.2 Å². The molecule has 0 atom stereocenters. The fourth-order valence-corrected chi connectivity index (χ4v) is 1.82. The van der Waals surface area contributed by atoms with Gasteiger partial charge in [0.1, 0.15) is 0 Å². The van der Waals surface area contributed by atoms with Crippen LogP contribution in [-0.2, 0) is 6.42 Å². The molecular formula is C15H11F3O2. The smallest absolute Gasteiger partial charge is 0.170 e. The predicted octanol–water partition coefficient (Wildman–Crippen LogP) is 3.54. The van der Waals surface area contributed by atoms with Gasteiger partial charge in [0.2, 0.25) is 0 Å². The number of halogens is 3. The number of hydrogen-bond acceptors (Lipinski definition) is 2. The second-order valence-corrected chi connectivity index (χ2v) is 4.17. The zero-order valence-corrected chi connectivity index (χ0v) is 10.6. The second-order valence-electron chi connectivity index (χ2n) is 4.17. The minimum atomic E-state index is -1.19. The van der Waals surface area contributed by atoms with Crippen LogP contribution < -0.4 is 4.74 Å². The summed E-state index contributed by atoms with van der Waals surface area (Å²) in [6.07, 6.45) is -0.221. The summed E-state index contributed by atoms with van der Waals surface area (Å²) in [4.78, 5) is 11.9. The summed E-state index contributed by atoms with van der Waals surface area (Å²) >= 11 is 0. The molecular weight excluding hydrogens is 269 g/mol. The molecule has 0 aliphatic rings. The molecule has 0 unspecified atom stereocenters. The Hall–Kier alpha value is -2.30. The van der Waals surface area contributed by atoms with E-state index in [0.717, 1.165) is 12.1 Å². The van der Waals surface area contributed by atoms with Crippen LogP contribution in [0.4, 0.5) is 13.2 Å². The molecule has 2 rings (SSSR count). The minimum Gasteiger partial charge on any atom is -0.494 e. The van der Waals surface area contributed by atoms with Crippen LogP contribution in [0.2, 0.25) is 0 Å². The van der Waals surface area contributed by atoms with Gasteiger partial charge < -0.3 is 4.74 Å². The van der Waals surface area contributed by atoms with Crippen molar-refractivity contribution in [2.45, 2.75) is 6.42 Å². The number of ether oxygens (including phenoxy) is 1. The lowest BCUT2D eigenvalue weighted by molar-refractivity contribution is 0.0988. The van der Waals surface area contributed by atoms with Crippen LogP contribution in [0, 0.1) is 17.5 Å².